The van der Waals surface area contributed by atoms with Gasteiger partial charge in [-0.15, -0.1) is 0 Å². The zero-order valence-corrected chi connectivity index (χ0v) is 11.0. The molecule has 1 amide bonds. The lowest BCUT2D eigenvalue weighted by Gasteiger charge is -2.25. The standard InChI is InChI=1S/C10H14NO4PS/c1-10(17,11-9(12)16(13,14)15)7-8-5-3-2-4-6-8/h2-6,17H,7H2,1H3,(H,11,12)(H2,13,14,15)/t10-/m0/s1. The lowest BCUT2D eigenvalue weighted by Crippen LogP contribution is -2.42. The van der Waals surface area contributed by atoms with Crippen LogP contribution in [0.3, 0.4) is 0 Å². The molecular weight excluding hydrogens is 261 g/mol. The van der Waals surface area contributed by atoms with Crippen LogP contribution in [-0.4, -0.2) is 20.3 Å². The third kappa shape index (κ3) is 4.91. The fraction of sp³-hybridized carbons (Fsp3) is 0.300. The monoisotopic (exact) mass is 275 g/mol. The number of rotatable bonds is 4. The highest BCUT2D eigenvalue weighted by Crippen LogP contribution is 2.36. The average molecular weight is 275 g/mol. The summed E-state index contributed by atoms with van der Waals surface area (Å²) in [5.41, 5.74) is -0.401. The number of amides is 1. The highest BCUT2D eigenvalue weighted by molar-refractivity contribution is 7.82. The third-order valence-electron chi connectivity index (χ3n) is 2.03. The van der Waals surface area contributed by atoms with Crippen LogP contribution in [0.25, 0.3) is 0 Å². The quantitative estimate of drug-likeness (QED) is 0.383. The number of hydrogen-bond acceptors (Lipinski definition) is 3. The van der Waals surface area contributed by atoms with Gasteiger partial charge in [0.1, 0.15) is 0 Å². The van der Waals surface area contributed by atoms with Crippen LogP contribution in [0.2, 0.25) is 0 Å². The molecule has 1 atom stereocenters. The summed E-state index contributed by atoms with van der Waals surface area (Å²) in [6.07, 6.45) is 0.364. The summed E-state index contributed by atoms with van der Waals surface area (Å²) >= 11 is 4.19. The van der Waals surface area contributed by atoms with Crippen molar-refractivity contribution in [2.75, 3.05) is 0 Å². The molecule has 1 aromatic carbocycles. The van der Waals surface area contributed by atoms with Crippen molar-refractivity contribution < 1.29 is 19.1 Å². The van der Waals surface area contributed by atoms with Gasteiger partial charge in [-0.2, -0.15) is 12.6 Å². The van der Waals surface area contributed by atoms with Crippen molar-refractivity contribution in [1.82, 2.24) is 5.32 Å². The Hall–Kier alpha value is -0.810. The Morgan fingerprint density at radius 1 is 1.41 bits per heavy atom. The first kappa shape index (κ1) is 14.3. The Morgan fingerprint density at radius 3 is 2.41 bits per heavy atom. The second-order valence-corrected chi connectivity index (χ2v) is 6.39. The van der Waals surface area contributed by atoms with Gasteiger partial charge < -0.3 is 15.1 Å². The fourth-order valence-electron chi connectivity index (χ4n) is 1.34. The summed E-state index contributed by atoms with van der Waals surface area (Å²) in [6, 6.07) is 9.22. The van der Waals surface area contributed by atoms with Gasteiger partial charge >= 0.3 is 13.2 Å². The van der Waals surface area contributed by atoms with Crippen molar-refractivity contribution in [3.8, 4) is 0 Å². The molecule has 94 valence electrons. The van der Waals surface area contributed by atoms with Gasteiger partial charge in [-0.3, -0.25) is 4.79 Å². The minimum absolute atomic E-state index is 0.364. The van der Waals surface area contributed by atoms with E-state index in [1.807, 2.05) is 30.3 Å². The molecule has 0 aliphatic heterocycles. The van der Waals surface area contributed by atoms with Crippen molar-refractivity contribution in [3.05, 3.63) is 35.9 Å². The zero-order chi connectivity index (χ0) is 13.1. The minimum Gasteiger partial charge on any atom is -0.331 e. The molecule has 0 saturated carbocycles. The van der Waals surface area contributed by atoms with E-state index in [1.54, 1.807) is 6.92 Å². The van der Waals surface area contributed by atoms with Crippen LogP contribution in [0.4, 0.5) is 4.79 Å². The van der Waals surface area contributed by atoms with E-state index in [-0.39, 0.29) is 0 Å². The normalized spacial score (nSPS) is 15.1. The number of thiol groups is 1. The summed E-state index contributed by atoms with van der Waals surface area (Å²) in [5, 5.41) is 2.21. The Morgan fingerprint density at radius 2 is 1.94 bits per heavy atom. The molecule has 0 unspecified atom stereocenters. The molecule has 17 heavy (non-hydrogen) atoms. The van der Waals surface area contributed by atoms with Crippen LogP contribution in [0.1, 0.15) is 12.5 Å². The molecule has 1 rings (SSSR count). The Labute approximate surface area is 105 Å². The molecular formula is C10H14NO4PS. The fourth-order valence-corrected chi connectivity index (χ4v) is 2.11. The third-order valence-corrected chi connectivity index (χ3v) is 2.94. The zero-order valence-electron chi connectivity index (χ0n) is 9.20. The lowest BCUT2D eigenvalue weighted by molar-refractivity contribution is 0.244. The maximum Gasteiger partial charge on any atom is 0.413 e. The largest absolute Gasteiger partial charge is 0.413 e. The van der Waals surface area contributed by atoms with Gasteiger partial charge in [-0.1, -0.05) is 30.3 Å². The van der Waals surface area contributed by atoms with Crippen molar-refractivity contribution in [2.24, 2.45) is 0 Å². The van der Waals surface area contributed by atoms with Gasteiger partial charge in [0, 0.05) is 6.42 Å². The van der Waals surface area contributed by atoms with Gasteiger partial charge in [0.2, 0.25) is 0 Å². The molecule has 0 radical (unpaired) electrons. The first-order valence-corrected chi connectivity index (χ1v) is 6.91. The van der Waals surface area contributed by atoms with Crippen molar-refractivity contribution in [3.63, 3.8) is 0 Å². The van der Waals surface area contributed by atoms with E-state index in [0.717, 1.165) is 5.56 Å². The predicted molar refractivity (Wildman–Crippen MR) is 68.1 cm³/mol. The van der Waals surface area contributed by atoms with E-state index in [1.165, 1.54) is 0 Å². The van der Waals surface area contributed by atoms with Crippen molar-refractivity contribution >= 4 is 25.9 Å². The molecule has 0 bridgehead atoms. The average Bonchev–Trinajstić information content (AvgIpc) is 2.16. The molecule has 0 aliphatic rings. The molecule has 0 spiro atoms. The summed E-state index contributed by atoms with van der Waals surface area (Å²) in [5.74, 6) is 0. The molecule has 1 aromatic rings. The number of nitrogens with one attached hydrogen (secondary N) is 1. The highest BCUT2D eigenvalue weighted by atomic mass is 32.1. The van der Waals surface area contributed by atoms with Crippen LogP contribution in [0.15, 0.2) is 30.3 Å². The first-order valence-electron chi connectivity index (χ1n) is 4.85. The molecule has 0 fully saturated rings. The summed E-state index contributed by atoms with van der Waals surface area (Å²) < 4.78 is 10.7. The van der Waals surface area contributed by atoms with E-state index < -0.39 is 18.1 Å². The topological polar surface area (TPSA) is 86.6 Å². The van der Waals surface area contributed by atoms with E-state index in [9.17, 15) is 9.36 Å². The predicted octanol–water partition coefficient (Wildman–Crippen LogP) is 1.76. The second-order valence-electron chi connectivity index (χ2n) is 3.91. The van der Waals surface area contributed by atoms with Crippen molar-refractivity contribution in [1.29, 1.82) is 0 Å². The molecule has 0 heterocycles. The lowest BCUT2D eigenvalue weighted by atomic mass is 10.1. The molecule has 3 N–H and O–H groups in total. The second kappa shape index (κ2) is 5.23. The number of carbonyl (C=O) groups is 1. The SMILES string of the molecule is C[C@](S)(Cc1ccccc1)NC(=O)P(=O)(O)O. The maximum absolute atomic E-state index is 11.1. The summed E-state index contributed by atoms with van der Waals surface area (Å²) in [6.45, 7) is 1.58. The van der Waals surface area contributed by atoms with Gasteiger partial charge in [0.05, 0.1) is 4.87 Å². The van der Waals surface area contributed by atoms with E-state index in [4.69, 9.17) is 9.79 Å². The first-order chi connectivity index (χ1) is 7.71. The number of hydrogen-bond donors (Lipinski definition) is 4. The van der Waals surface area contributed by atoms with Crippen LogP contribution >= 0.6 is 20.2 Å². The molecule has 0 aromatic heterocycles. The van der Waals surface area contributed by atoms with Crippen LogP contribution in [0.5, 0.6) is 0 Å². The molecule has 5 nitrogen and oxygen atoms in total. The summed E-state index contributed by atoms with van der Waals surface area (Å²) in [4.78, 5) is 27.5. The van der Waals surface area contributed by atoms with Gasteiger partial charge in [-0.05, 0) is 12.5 Å². The molecule has 7 heteroatoms. The Balaban J connectivity index is 2.70. The van der Waals surface area contributed by atoms with E-state index in [2.05, 4.69) is 17.9 Å². The number of carbonyl (C=O) groups excluding carboxylic acids is 1. The van der Waals surface area contributed by atoms with Crippen LogP contribution < -0.4 is 5.32 Å². The van der Waals surface area contributed by atoms with Gasteiger partial charge in [0.15, 0.2) is 0 Å². The number of benzene rings is 1. The Bertz CT molecular complexity index is 443. The summed E-state index contributed by atoms with van der Waals surface area (Å²) in [7, 11) is -4.76. The maximum atomic E-state index is 11.1. The van der Waals surface area contributed by atoms with Crippen LogP contribution in [0, 0.1) is 0 Å². The smallest absolute Gasteiger partial charge is 0.331 e. The van der Waals surface area contributed by atoms with Crippen molar-refractivity contribution in [2.45, 2.75) is 18.2 Å². The van der Waals surface area contributed by atoms with E-state index >= 15 is 0 Å². The molecule has 0 aliphatic carbocycles. The minimum atomic E-state index is -4.76. The Kier molecular flexibility index (Phi) is 4.38. The van der Waals surface area contributed by atoms with E-state index in [0.29, 0.717) is 6.42 Å². The van der Waals surface area contributed by atoms with Gasteiger partial charge in [0.25, 0.3) is 0 Å². The van der Waals surface area contributed by atoms with Crippen LogP contribution in [-0.2, 0) is 11.0 Å². The molecule has 0 saturated heterocycles. The highest BCUT2D eigenvalue weighted by Gasteiger charge is 2.32. The van der Waals surface area contributed by atoms with Gasteiger partial charge in [-0.25, -0.2) is 4.57 Å².